The molecule has 4 fully saturated rings. The van der Waals surface area contributed by atoms with Crippen molar-refractivity contribution in [2.24, 2.45) is 28.6 Å². The highest BCUT2D eigenvalue weighted by Crippen LogP contribution is 2.63. The van der Waals surface area contributed by atoms with Crippen molar-refractivity contribution in [3.05, 3.63) is 23.0 Å². The van der Waals surface area contributed by atoms with Gasteiger partial charge in [-0.2, -0.15) is 0 Å². The number of aliphatic hydroxyl groups excluding tert-OH is 2. The molecule has 0 radical (unpaired) electrons. The van der Waals surface area contributed by atoms with Crippen molar-refractivity contribution in [3.63, 3.8) is 0 Å². The molecular formula is C39H55NO14. The lowest BCUT2D eigenvalue weighted by atomic mass is 9.51. The molecule has 1 amide bonds. The first-order valence-corrected chi connectivity index (χ1v) is 18.6. The van der Waals surface area contributed by atoms with Crippen LogP contribution in [0.15, 0.2) is 23.0 Å². The fourth-order valence-electron chi connectivity index (χ4n) is 9.63. The lowest BCUT2D eigenvalue weighted by Gasteiger charge is -2.53. The third-order valence-corrected chi connectivity index (χ3v) is 12.3. The van der Waals surface area contributed by atoms with Crippen LogP contribution in [0.2, 0.25) is 0 Å². The molecule has 5 aliphatic rings. The average molecular weight is 762 g/mol. The second-order valence-electron chi connectivity index (χ2n) is 17.4. The van der Waals surface area contributed by atoms with E-state index in [4.69, 9.17) is 28.4 Å². The Labute approximate surface area is 315 Å². The van der Waals surface area contributed by atoms with E-state index in [0.717, 1.165) is 13.2 Å². The Morgan fingerprint density at radius 1 is 1.06 bits per heavy atom. The number of ketones is 1. The summed E-state index contributed by atoms with van der Waals surface area (Å²) in [6, 6.07) is -0.987. The van der Waals surface area contributed by atoms with Crippen LogP contribution < -0.4 is 0 Å². The number of Topliss-reactive ketones (excluding diaryl/α,β-unsaturated/α-hetero) is 1. The average Bonchev–Trinajstić information content (AvgIpc) is 3.52. The molecule has 5 rings (SSSR count). The lowest BCUT2D eigenvalue weighted by molar-refractivity contribution is -0.212. The van der Waals surface area contributed by atoms with Crippen molar-refractivity contribution in [2.45, 2.75) is 136 Å². The summed E-state index contributed by atoms with van der Waals surface area (Å²) < 4.78 is 34.6. The minimum absolute atomic E-state index is 0.0999. The molecular weight excluding hydrogens is 706 g/mol. The number of hydrogen-bond donors (Lipinski definition) is 2. The topological polar surface area (TPSA) is 201 Å². The van der Waals surface area contributed by atoms with Crippen molar-refractivity contribution in [1.29, 1.82) is 0 Å². The highest BCUT2D eigenvalue weighted by molar-refractivity contribution is 5.99. The molecule has 54 heavy (non-hydrogen) atoms. The van der Waals surface area contributed by atoms with E-state index in [1.807, 2.05) is 0 Å². The van der Waals surface area contributed by atoms with Crippen LogP contribution >= 0.6 is 0 Å². The van der Waals surface area contributed by atoms with Gasteiger partial charge in [0.15, 0.2) is 17.1 Å². The second kappa shape index (κ2) is 14.7. The van der Waals surface area contributed by atoms with Crippen LogP contribution in [0, 0.1) is 28.6 Å². The van der Waals surface area contributed by atoms with E-state index >= 15 is 0 Å². The number of amides is 1. The van der Waals surface area contributed by atoms with E-state index in [9.17, 15) is 39.0 Å². The number of carbonyl (C=O) groups is 6. The normalized spacial score (nSPS) is 38.0. The Morgan fingerprint density at radius 3 is 2.33 bits per heavy atom. The maximum Gasteiger partial charge on any atom is 0.411 e. The number of hydrogen-bond acceptors (Lipinski definition) is 14. The van der Waals surface area contributed by atoms with E-state index in [1.54, 1.807) is 62.3 Å². The van der Waals surface area contributed by atoms with Crippen LogP contribution in [0.3, 0.4) is 0 Å². The van der Waals surface area contributed by atoms with Crippen molar-refractivity contribution < 1.29 is 67.4 Å². The van der Waals surface area contributed by atoms with E-state index in [0.29, 0.717) is 24.0 Å². The van der Waals surface area contributed by atoms with Gasteiger partial charge >= 0.3 is 30.0 Å². The van der Waals surface area contributed by atoms with Gasteiger partial charge < -0.3 is 38.6 Å². The zero-order valence-electron chi connectivity index (χ0n) is 32.9. The van der Waals surface area contributed by atoms with E-state index in [1.165, 1.54) is 4.90 Å². The summed E-state index contributed by atoms with van der Waals surface area (Å²) in [5, 5.41) is 24.5. The summed E-state index contributed by atoms with van der Waals surface area (Å²) in [4.78, 5) is 82.8. The third kappa shape index (κ3) is 7.18. The molecule has 3 aliphatic heterocycles. The number of aliphatic hydroxyl groups is 2. The van der Waals surface area contributed by atoms with Gasteiger partial charge in [-0.25, -0.2) is 24.0 Å². The lowest BCUT2D eigenvalue weighted by Crippen LogP contribution is -2.61. The molecule has 3 bridgehead atoms. The molecule has 2 unspecified atom stereocenters. The van der Waals surface area contributed by atoms with Gasteiger partial charge in [0.1, 0.15) is 23.9 Å². The number of esters is 4. The molecule has 0 spiro atoms. The Hall–Kier alpha value is -3.82. The molecule has 1 saturated carbocycles. The van der Waals surface area contributed by atoms with E-state index in [-0.39, 0.29) is 31.8 Å². The molecule has 300 valence electrons. The molecule has 3 saturated heterocycles. The van der Waals surface area contributed by atoms with Gasteiger partial charge in [-0.1, -0.05) is 26.3 Å². The fourth-order valence-corrected chi connectivity index (χ4v) is 9.63. The van der Waals surface area contributed by atoms with Crippen LogP contribution in [-0.4, -0.2) is 113 Å². The molecule has 3 heterocycles. The van der Waals surface area contributed by atoms with Crippen LogP contribution in [0.25, 0.3) is 0 Å². The van der Waals surface area contributed by atoms with Gasteiger partial charge in [-0.05, 0) is 77.7 Å². The molecule has 0 aromatic heterocycles. The predicted octanol–water partition coefficient (Wildman–Crippen LogP) is 3.32. The zero-order valence-corrected chi connectivity index (χ0v) is 32.9. The van der Waals surface area contributed by atoms with Gasteiger partial charge in [0.2, 0.25) is 6.10 Å². The largest absolute Gasteiger partial charge is 0.467 e. The van der Waals surface area contributed by atoms with Crippen molar-refractivity contribution in [3.8, 4) is 0 Å². The number of allylic oxidation sites excluding steroid dienone is 3. The van der Waals surface area contributed by atoms with Crippen molar-refractivity contribution in [2.75, 3.05) is 20.3 Å². The maximum atomic E-state index is 14.2. The first-order chi connectivity index (χ1) is 25.0. The summed E-state index contributed by atoms with van der Waals surface area (Å²) in [5.41, 5.74) is -4.55. The van der Waals surface area contributed by atoms with Gasteiger partial charge in [0, 0.05) is 42.7 Å². The fraction of sp³-hybridized carbons (Fsp3) is 0.744. The van der Waals surface area contributed by atoms with Crippen LogP contribution in [0.4, 0.5) is 4.79 Å². The molecule has 0 aromatic carbocycles. The smallest absolute Gasteiger partial charge is 0.411 e. The first-order valence-electron chi connectivity index (χ1n) is 18.6. The SMILES string of the molecule is COC(=O)[C@]12C[C@@H](OC(=O)C=C(C)C)C(=O)O[C@@H]3C[C@H]4C(C)=C(OC(=O)[C@@H]5CCCN5C(=O)OC(C)(C)C)C(=O)C[C@]4(C)C([C@@H](O)[C@@H]1O)[C@@](C)(CO2)C3C. The number of nitrogens with zero attached hydrogens (tertiary/aromatic N) is 1. The third-order valence-electron chi connectivity index (χ3n) is 12.3. The van der Waals surface area contributed by atoms with Gasteiger partial charge in [-0.15, -0.1) is 0 Å². The van der Waals surface area contributed by atoms with Crippen LogP contribution in [-0.2, 0) is 52.4 Å². The molecule has 15 heteroatoms. The van der Waals surface area contributed by atoms with Gasteiger partial charge in [0.25, 0.3) is 0 Å². The Bertz CT molecular complexity index is 1640. The Morgan fingerprint density at radius 2 is 1.72 bits per heavy atom. The summed E-state index contributed by atoms with van der Waals surface area (Å²) in [6.07, 6.45) is -5.98. The Balaban J connectivity index is 1.61. The summed E-state index contributed by atoms with van der Waals surface area (Å²) in [6.45, 7) is 15.5. The molecule has 2 aliphatic carbocycles. The number of likely N-dealkylation sites (tertiary alicyclic amines) is 1. The monoisotopic (exact) mass is 761 g/mol. The maximum absolute atomic E-state index is 14.2. The number of fused-ring (bicyclic) bond motifs is 5. The predicted molar refractivity (Wildman–Crippen MR) is 188 cm³/mol. The highest BCUT2D eigenvalue weighted by Gasteiger charge is 2.69. The molecule has 2 N–H and O–H groups in total. The van der Waals surface area contributed by atoms with Gasteiger partial charge in [0.05, 0.1) is 19.8 Å². The second-order valence-corrected chi connectivity index (χ2v) is 17.4. The zero-order chi connectivity index (χ0) is 40.3. The molecule has 15 nitrogen and oxygen atoms in total. The standard InChI is InChI=1S/C39H55NO14/c1-19(2)14-27(42)51-26-17-39(34(47)49-10)31(44)28(43)30-37(8)16-24(41)29(53-32(45)23-12-11-13-40(23)35(48)54-36(5,6)7)20(3)22(37)15-25(52-33(26)46)21(4)38(30,9)18-50-39/h14,21-23,25-26,28,30-31,43-44H,11-13,15-18H2,1-10H3/t21?,22-,23-,25+,26+,28+,30?,31-,37-,38-,39-/m0/s1. The molecule has 11 atom stereocenters. The van der Waals surface area contributed by atoms with Crippen molar-refractivity contribution >= 4 is 35.8 Å². The van der Waals surface area contributed by atoms with Crippen LogP contribution in [0.5, 0.6) is 0 Å². The van der Waals surface area contributed by atoms with E-state index in [2.05, 4.69) is 0 Å². The van der Waals surface area contributed by atoms with Gasteiger partial charge in [-0.3, -0.25) is 9.69 Å². The molecule has 0 aromatic rings. The minimum atomic E-state index is -2.39. The summed E-state index contributed by atoms with van der Waals surface area (Å²) in [7, 11) is 1.07. The number of carbonyl (C=O) groups excluding carboxylic acids is 6. The number of ether oxygens (including phenoxy) is 6. The number of rotatable bonds is 5. The van der Waals surface area contributed by atoms with Crippen LogP contribution in [0.1, 0.15) is 94.4 Å². The Kier molecular flexibility index (Phi) is 11.2. The first kappa shape index (κ1) is 41.3. The quantitative estimate of drug-likeness (QED) is 0.235. The summed E-state index contributed by atoms with van der Waals surface area (Å²) in [5.74, 6) is -6.80. The highest BCUT2D eigenvalue weighted by atomic mass is 16.6. The van der Waals surface area contributed by atoms with Crippen molar-refractivity contribution in [1.82, 2.24) is 4.90 Å². The summed E-state index contributed by atoms with van der Waals surface area (Å²) >= 11 is 0. The minimum Gasteiger partial charge on any atom is -0.467 e. The number of methoxy groups -OCH3 is 1. The van der Waals surface area contributed by atoms with E-state index < -0.39 is 112 Å².